The molecule has 0 aromatic heterocycles. The average molecular weight is 222 g/mol. The van der Waals surface area contributed by atoms with Crippen LogP contribution in [-0.4, -0.2) is 20.2 Å². The topological polar surface area (TPSA) is 47.3 Å². The summed E-state index contributed by atoms with van der Waals surface area (Å²) in [5.41, 5.74) is 8.05. The molecule has 0 aliphatic carbocycles. The number of nitrogens with one attached hydrogen (secondary N) is 1. The Morgan fingerprint density at radius 1 is 1.38 bits per heavy atom. The van der Waals surface area contributed by atoms with E-state index in [1.54, 1.807) is 7.11 Å². The van der Waals surface area contributed by atoms with Gasteiger partial charge in [0, 0.05) is 12.2 Å². The Balaban J connectivity index is 2.65. The fraction of sp³-hybridized carbons (Fsp3) is 0.538. The summed E-state index contributed by atoms with van der Waals surface area (Å²) < 4.78 is 5.22. The molecule has 1 aromatic carbocycles. The fourth-order valence-corrected chi connectivity index (χ4v) is 1.40. The summed E-state index contributed by atoms with van der Waals surface area (Å²) in [6.45, 7) is 7.88. The van der Waals surface area contributed by atoms with Gasteiger partial charge in [0.05, 0.1) is 7.11 Å². The first-order valence-corrected chi connectivity index (χ1v) is 5.57. The Morgan fingerprint density at radius 3 is 2.56 bits per heavy atom. The van der Waals surface area contributed by atoms with Crippen molar-refractivity contribution < 1.29 is 4.74 Å². The van der Waals surface area contributed by atoms with Gasteiger partial charge in [-0.25, -0.2) is 0 Å². The first-order chi connectivity index (χ1) is 7.48. The molecule has 16 heavy (non-hydrogen) atoms. The van der Waals surface area contributed by atoms with Gasteiger partial charge in [-0.1, -0.05) is 13.8 Å². The van der Waals surface area contributed by atoms with Crippen molar-refractivity contribution in [2.45, 2.75) is 20.8 Å². The van der Waals surface area contributed by atoms with Gasteiger partial charge in [-0.05, 0) is 42.6 Å². The maximum absolute atomic E-state index is 5.69. The van der Waals surface area contributed by atoms with E-state index in [4.69, 9.17) is 10.5 Å². The van der Waals surface area contributed by atoms with Crippen LogP contribution in [0.5, 0.6) is 5.75 Å². The van der Waals surface area contributed by atoms with Gasteiger partial charge in [0.25, 0.3) is 0 Å². The summed E-state index contributed by atoms with van der Waals surface area (Å²) in [5, 5.41) is 3.39. The van der Waals surface area contributed by atoms with E-state index >= 15 is 0 Å². The molecule has 0 unspecified atom stereocenters. The van der Waals surface area contributed by atoms with Crippen LogP contribution >= 0.6 is 0 Å². The minimum atomic E-state index is 0.119. The van der Waals surface area contributed by atoms with Crippen molar-refractivity contribution in [1.82, 2.24) is 0 Å². The zero-order valence-corrected chi connectivity index (χ0v) is 10.6. The average Bonchev–Trinajstić information content (AvgIpc) is 2.27. The third-order valence-electron chi connectivity index (χ3n) is 2.72. The summed E-state index contributed by atoms with van der Waals surface area (Å²) in [6.07, 6.45) is 0. The number of hydrogen-bond acceptors (Lipinski definition) is 3. The minimum absolute atomic E-state index is 0.119. The van der Waals surface area contributed by atoms with Crippen LogP contribution in [0.25, 0.3) is 0 Å². The second-order valence-corrected chi connectivity index (χ2v) is 4.91. The van der Waals surface area contributed by atoms with Crippen molar-refractivity contribution in [3.8, 4) is 5.75 Å². The fourth-order valence-electron chi connectivity index (χ4n) is 1.40. The molecule has 0 spiro atoms. The van der Waals surface area contributed by atoms with E-state index < -0.39 is 0 Å². The van der Waals surface area contributed by atoms with Crippen molar-refractivity contribution in [2.75, 3.05) is 25.5 Å². The van der Waals surface area contributed by atoms with Gasteiger partial charge in [0.1, 0.15) is 5.75 Å². The molecule has 0 heterocycles. The van der Waals surface area contributed by atoms with Gasteiger partial charge in [-0.15, -0.1) is 0 Å². The third kappa shape index (κ3) is 3.42. The van der Waals surface area contributed by atoms with Gasteiger partial charge in [-0.2, -0.15) is 0 Å². The van der Waals surface area contributed by atoms with E-state index in [9.17, 15) is 0 Å². The Bertz CT molecular complexity index is 348. The number of methoxy groups -OCH3 is 1. The van der Waals surface area contributed by atoms with Crippen LogP contribution in [0.4, 0.5) is 5.69 Å². The Labute approximate surface area is 98.0 Å². The molecule has 1 aromatic rings. The summed E-state index contributed by atoms with van der Waals surface area (Å²) in [5.74, 6) is 0.920. The van der Waals surface area contributed by atoms with Gasteiger partial charge in [0.2, 0.25) is 0 Å². The molecule has 0 bridgehead atoms. The number of anilines is 1. The van der Waals surface area contributed by atoms with Crippen LogP contribution in [-0.2, 0) is 0 Å². The molecule has 0 saturated heterocycles. The molecule has 3 heteroatoms. The number of aryl methyl sites for hydroxylation is 1. The lowest BCUT2D eigenvalue weighted by molar-refractivity contribution is 0.405. The lowest BCUT2D eigenvalue weighted by atomic mass is 9.94. The molecule has 0 aliphatic rings. The Morgan fingerprint density at radius 2 is 2.06 bits per heavy atom. The molecular weight excluding hydrogens is 200 g/mol. The maximum Gasteiger partial charge on any atom is 0.121 e. The van der Waals surface area contributed by atoms with E-state index in [1.165, 1.54) is 0 Å². The van der Waals surface area contributed by atoms with Crippen molar-refractivity contribution in [1.29, 1.82) is 0 Å². The van der Waals surface area contributed by atoms with Crippen molar-refractivity contribution in [2.24, 2.45) is 11.1 Å². The first kappa shape index (κ1) is 12.8. The third-order valence-corrected chi connectivity index (χ3v) is 2.72. The van der Waals surface area contributed by atoms with Gasteiger partial charge in [0.15, 0.2) is 0 Å². The zero-order valence-electron chi connectivity index (χ0n) is 10.6. The normalized spacial score (nSPS) is 11.3. The van der Waals surface area contributed by atoms with E-state index in [1.807, 2.05) is 19.1 Å². The highest BCUT2D eigenvalue weighted by atomic mass is 16.5. The van der Waals surface area contributed by atoms with E-state index in [0.717, 1.165) is 23.5 Å². The number of nitrogens with two attached hydrogens (primary N) is 1. The zero-order chi connectivity index (χ0) is 12.2. The van der Waals surface area contributed by atoms with E-state index in [2.05, 4.69) is 25.2 Å². The lowest BCUT2D eigenvalue weighted by Gasteiger charge is -2.23. The van der Waals surface area contributed by atoms with Crippen LogP contribution in [0.1, 0.15) is 19.4 Å². The van der Waals surface area contributed by atoms with Crippen LogP contribution in [0.15, 0.2) is 18.2 Å². The molecule has 0 amide bonds. The number of rotatable bonds is 5. The molecular formula is C13H22N2O. The summed E-state index contributed by atoms with van der Waals surface area (Å²) >= 11 is 0. The SMILES string of the molecule is COc1ccc(NCC(C)(C)CN)cc1C. The van der Waals surface area contributed by atoms with E-state index in [0.29, 0.717) is 6.54 Å². The number of hydrogen-bond donors (Lipinski definition) is 2. The summed E-state index contributed by atoms with van der Waals surface area (Å²) in [7, 11) is 1.69. The largest absolute Gasteiger partial charge is 0.496 e. The number of benzene rings is 1. The van der Waals surface area contributed by atoms with Crippen LogP contribution in [0.2, 0.25) is 0 Å². The van der Waals surface area contributed by atoms with Gasteiger partial charge in [-0.3, -0.25) is 0 Å². The lowest BCUT2D eigenvalue weighted by Crippen LogP contribution is -2.31. The monoisotopic (exact) mass is 222 g/mol. The van der Waals surface area contributed by atoms with Gasteiger partial charge >= 0.3 is 0 Å². The minimum Gasteiger partial charge on any atom is -0.496 e. The van der Waals surface area contributed by atoms with Crippen LogP contribution < -0.4 is 15.8 Å². The molecule has 1 rings (SSSR count). The van der Waals surface area contributed by atoms with Gasteiger partial charge < -0.3 is 15.8 Å². The van der Waals surface area contributed by atoms with Crippen molar-refractivity contribution in [3.63, 3.8) is 0 Å². The smallest absolute Gasteiger partial charge is 0.121 e. The number of ether oxygens (including phenoxy) is 1. The van der Waals surface area contributed by atoms with Crippen molar-refractivity contribution in [3.05, 3.63) is 23.8 Å². The molecule has 0 atom stereocenters. The van der Waals surface area contributed by atoms with E-state index in [-0.39, 0.29) is 5.41 Å². The highest BCUT2D eigenvalue weighted by molar-refractivity contribution is 5.50. The molecule has 0 radical (unpaired) electrons. The Hall–Kier alpha value is -1.22. The quantitative estimate of drug-likeness (QED) is 0.804. The molecule has 3 nitrogen and oxygen atoms in total. The molecule has 3 N–H and O–H groups in total. The van der Waals surface area contributed by atoms with Crippen LogP contribution in [0, 0.1) is 12.3 Å². The maximum atomic E-state index is 5.69. The first-order valence-electron chi connectivity index (χ1n) is 5.57. The highest BCUT2D eigenvalue weighted by Gasteiger charge is 2.14. The standard InChI is InChI=1S/C13H22N2O/c1-10-7-11(5-6-12(10)16-4)15-9-13(2,3)8-14/h5-7,15H,8-9,14H2,1-4H3. The molecule has 0 aliphatic heterocycles. The predicted octanol–water partition coefficient (Wildman–Crippen LogP) is 2.40. The second kappa shape index (κ2) is 5.21. The summed E-state index contributed by atoms with van der Waals surface area (Å²) in [4.78, 5) is 0. The van der Waals surface area contributed by atoms with Crippen LogP contribution in [0.3, 0.4) is 0 Å². The predicted molar refractivity (Wildman–Crippen MR) is 69.1 cm³/mol. The molecule has 90 valence electrons. The summed E-state index contributed by atoms with van der Waals surface area (Å²) in [6, 6.07) is 6.09. The molecule has 0 saturated carbocycles. The van der Waals surface area contributed by atoms with Crippen molar-refractivity contribution >= 4 is 5.69 Å². The second-order valence-electron chi connectivity index (χ2n) is 4.91. The highest BCUT2D eigenvalue weighted by Crippen LogP contribution is 2.22. The molecule has 0 fully saturated rings. The Kier molecular flexibility index (Phi) is 4.19.